The molecular formula is C13H16N4O2S. The van der Waals surface area contributed by atoms with Gasteiger partial charge in [0.1, 0.15) is 5.82 Å². The Morgan fingerprint density at radius 3 is 2.90 bits per heavy atom. The molecule has 2 aromatic rings. The second-order valence-electron chi connectivity index (χ2n) is 4.19. The Kier molecular flexibility index (Phi) is 4.52. The monoisotopic (exact) mass is 292 g/mol. The van der Waals surface area contributed by atoms with Gasteiger partial charge in [0, 0.05) is 24.0 Å². The molecule has 0 aliphatic heterocycles. The van der Waals surface area contributed by atoms with Crippen LogP contribution < -0.4 is 11.1 Å². The molecule has 0 aliphatic carbocycles. The van der Waals surface area contributed by atoms with E-state index in [1.807, 2.05) is 12.3 Å². The van der Waals surface area contributed by atoms with Crippen LogP contribution in [0.5, 0.6) is 0 Å². The molecule has 0 radical (unpaired) electrons. The number of methoxy groups -OCH3 is 1. The Balaban J connectivity index is 1.99. The van der Waals surface area contributed by atoms with Crippen LogP contribution in [0.15, 0.2) is 17.5 Å². The van der Waals surface area contributed by atoms with Crippen LogP contribution in [0.4, 0.5) is 11.5 Å². The van der Waals surface area contributed by atoms with Gasteiger partial charge in [0.25, 0.3) is 0 Å². The molecule has 2 rings (SSSR count). The largest absolute Gasteiger partial charge is 0.464 e. The summed E-state index contributed by atoms with van der Waals surface area (Å²) in [5, 5.41) is 6.18. The molecule has 0 atom stereocenters. The standard InChI is InChI=1S/C13H16N4O2S/c1-8-7-20-11(16-8)5-6-15-12-9(14)3-4-10(17-12)13(18)19-2/h3-4,7H,5-6,14H2,1-2H3,(H,15,17). The van der Waals surface area contributed by atoms with E-state index in [4.69, 9.17) is 5.73 Å². The number of pyridine rings is 1. The molecule has 0 unspecified atom stereocenters. The Labute approximate surface area is 121 Å². The molecule has 0 aliphatic rings. The first-order valence-corrected chi connectivity index (χ1v) is 6.98. The summed E-state index contributed by atoms with van der Waals surface area (Å²) in [5.41, 5.74) is 7.57. The van der Waals surface area contributed by atoms with E-state index >= 15 is 0 Å². The smallest absolute Gasteiger partial charge is 0.356 e. The zero-order valence-corrected chi connectivity index (χ0v) is 12.2. The van der Waals surface area contributed by atoms with Crippen LogP contribution >= 0.6 is 11.3 Å². The number of hydrogen-bond acceptors (Lipinski definition) is 7. The third-order valence-electron chi connectivity index (χ3n) is 2.62. The zero-order chi connectivity index (χ0) is 14.5. The van der Waals surface area contributed by atoms with Crippen molar-refractivity contribution in [1.82, 2.24) is 9.97 Å². The van der Waals surface area contributed by atoms with E-state index < -0.39 is 5.97 Å². The Morgan fingerprint density at radius 1 is 1.45 bits per heavy atom. The van der Waals surface area contributed by atoms with Gasteiger partial charge in [0.05, 0.1) is 17.8 Å². The van der Waals surface area contributed by atoms with E-state index in [2.05, 4.69) is 20.0 Å². The zero-order valence-electron chi connectivity index (χ0n) is 11.3. The molecule has 0 bridgehead atoms. The maximum atomic E-state index is 11.4. The Hall–Kier alpha value is -2.15. The Bertz CT molecular complexity index is 612. The maximum absolute atomic E-state index is 11.4. The Morgan fingerprint density at radius 2 is 2.25 bits per heavy atom. The van der Waals surface area contributed by atoms with Gasteiger partial charge in [0.2, 0.25) is 0 Å². The quantitative estimate of drug-likeness (QED) is 0.818. The number of ether oxygens (including phenoxy) is 1. The van der Waals surface area contributed by atoms with Gasteiger partial charge in [-0.1, -0.05) is 0 Å². The first-order valence-electron chi connectivity index (χ1n) is 6.10. The van der Waals surface area contributed by atoms with E-state index in [0.717, 1.165) is 17.1 Å². The molecule has 0 saturated carbocycles. The lowest BCUT2D eigenvalue weighted by Crippen LogP contribution is -2.12. The van der Waals surface area contributed by atoms with E-state index in [0.29, 0.717) is 18.1 Å². The fourth-order valence-corrected chi connectivity index (χ4v) is 2.41. The number of aromatic nitrogens is 2. The number of nitrogen functional groups attached to an aromatic ring is 1. The number of aryl methyl sites for hydroxylation is 1. The molecule has 3 N–H and O–H groups in total. The topological polar surface area (TPSA) is 90.1 Å². The number of carbonyl (C=O) groups excluding carboxylic acids is 1. The molecule has 20 heavy (non-hydrogen) atoms. The average Bonchev–Trinajstić information content (AvgIpc) is 2.85. The second kappa shape index (κ2) is 6.33. The molecule has 0 aromatic carbocycles. The number of nitrogens with zero attached hydrogens (tertiary/aromatic N) is 2. The minimum absolute atomic E-state index is 0.231. The van der Waals surface area contributed by atoms with E-state index in [1.165, 1.54) is 13.2 Å². The van der Waals surface area contributed by atoms with Crippen LogP contribution in [-0.4, -0.2) is 29.6 Å². The summed E-state index contributed by atoms with van der Waals surface area (Å²) < 4.78 is 4.63. The van der Waals surface area contributed by atoms with Gasteiger partial charge in [-0.05, 0) is 19.1 Å². The van der Waals surface area contributed by atoms with Gasteiger partial charge in [-0.15, -0.1) is 11.3 Å². The molecular weight excluding hydrogens is 276 g/mol. The van der Waals surface area contributed by atoms with Crippen molar-refractivity contribution in [3.05, 3.63) is 33.9 Å². The number of hydrogen-bond donors (Lipinski definition) is 2. The van der Waals surface area contributed by atoms with Crippen molar-refractivity contribution < 1.29 is 9.53 Å². The number of esters is 1. The van der Waals surface area contributed by atoms with E-state index in [-0.39, 0.29) is 5.69 Å². The minimum atomic E-state index is -0.483. The molecule has 0 saturated heterocycles. The lowest BCUT2D eigenvalue weighted by Gasteiger charge is -2.08. The molecule has 0 spiro atoms. The molecule has 0 amide bonds. The van der Waals surface area contributed by atoms with Crippen LogP contribution in [0.25, 0.3) is 0 Å². The number of anilines is 2. The van der Waals surface area contributed by atoms with E-state index in [9.17, 15) is 4.79 Å². The van der Waals surface area contributed by atoms with Crippen LogP contribution in [0.1, 0.15) is 21.2 Å². The number of nitrogens with two attached hydrogens (primary N) is 1. The van der Waals surface area contributed by atoms with Crippen molar-refractivity contribution in [3.8, 4) is 0 Å². The summed E-state index contributed by atoms with van der Waals surface area (Å²) in [6.07, 6.45) is 0.780. The van der Waals surface area contributed by atoms with Crippen LogP contribution in [0.2, 0.25) is 0 Å². The number of thiazole rings is 1. The fourth-order valence-electron chi connectivity index (χ4n) is 1.64. The highest BCUT2D eigenvalue weighted by Gasteiger charge is 2.10. The molecule has 2 heterocycles. The third kappa shape index (κ3) is 3.45. The average molecular weight is 292 g/mol. The van der Waals surface area contributed by atoms with Gasteiger partial charge < -0.3 is 15.8 Å². The van der Waals surface area contributed by atoms with Crippen LogP contribution in [0, 0.1) is 6.92 Å². The number of rotatable bonds is 5. The summed E-state index contributed by atoms with van der Waals surface area (Å²) in [5.74, 6) is 0.00442. The maximum Gasteiger partial charge on any atom is 0.356 e. The highest BCUT2D eigenvalue weighted by atomic mass is 32.1. The molecule has 106 valence electrons. The highest BCUT2D eigenvalue weighted by Crippen LogP contribution is 2.16. The molecule has 6 nitrogen and oxygen atoms in total. The van der Waals surface area contributed by atoms with Crippen molar-refractivity contribution >= 4 is 28.8 Å². The van der Waals surface area contributed by atoms with Gasteiger partial charge >= 0.3 is 5.97 Å². The second-order valence-corrected chi connectivity index (χ2v) is 5.13. The lowest BCUT2D eigenvalue weighted by molar-refractivity contribution is 0.0594. The first kappa shape index (κ1) is 14.3. The lowest BCUT2D eigenvalue weighted by atomic mass is 10.3. The SMILES string of the molecule is COC(=O)c1ccc(N)c(NCCc2nc(C)cs2)n1. The summed E-state index contributed by atoms with van der Waals surface area (Å²) >= 11 is 1.62. The van der Waals surface area contributed by atoms with Crippen molar-refractivity contribution in [2.75, 3.05) is 24.7 Å². The van der Waals surface area contributed by atoms with Crippen molar-refractivity contribution in [1.29, 1.82) is 0 Å². The van der Waals surface area contributed by atoms with Gasteiger partial charge in [-0.2, -0.15) is 0 Å². The van der Waals surface area contributed by atoms with Crippen molar-refractivity contribution in [2.45, 2.75) is 13.3 Å². The predicted octanol–water partition coefficient (Wildman–Crippen LogP) is 1.87. The third-order valence-corrected chi connectivity index (χ3v) is 3.65. The number of nitrogens with one attached hydrogen (secondary N) is 1. The molecule has 2 aromatic heterocycles. The summed E-state index contributed by atoms with van der Waals surface area (Å²) in [4.78, 5) is 19.9. The highest BCUT2D eigenvalue weighted by molar-refractivity contribution is 7.09. The summed E-state index contributed by atoms with van der Waals surface area (Å²) in [6.45, 7) is 2.61. The van der Waals surface area contributed by atoms with Gasteiger partial charge in [-0.3, -0.25) is 0 Å². The number of carbonyl (C=O) groups is 1. The fraction of sp³-hybridized carbons (Fsp3) is 0.308. The van der Waals surface area contributed by atoms with Crippen LogP contribution in [0.3, 0.4) is 0 Å². The molecule has 0 fully saturated rings. The minimum Gasteiger partial charge on any atom is -0.464 e. The summed E-state index contributed by atoms with van der Waals surface area (Å²) in [7, 11) is 1.32. The van der Waals surface area contributed by atoms with Gasteiger partial charge in [-0.25, -0.2) is 14.8 Å². The normalized spacial score (nSPS) is 10.3. The first-order chi connectivity index (χ1) is 9.60. The van der Waals surface area contributed by atoms with Crippen molar-refractivity contribution in [3.63, 3.8) is 0 Å². The van der Waals surface area contributed by atoms with E-state index in [1.54, 1.807) is 17.4 Å². The summed E-state index contributed by atoms with van der Waals surface area (Å²) in [6, 6.07) is 3.17. The van der Waals surface area contributed by atoms with Crippen LogP contribution in [-0.2, 0) is 11.2 Å². The van der Waals surface area contributed by atoms with Crippen molar-refractivity contribution in [2.24, 2.45) is 0 Å². The molecule has 7 heteroatoms. The van der Waals surface area contributed by atoms with Gasteiger partial charge in [0.15, 0.2) is 5.69 Å². The predicted molar refractivity (Wildman–Crippen MR) is 79.0 cm³/mol.